The second kappa shape index (κ2) is 4.48. The van der Waals surface area contributed by atoms with E-state index in [2.05, 4.69) is 0 Å². The lowest BCUT2D eigenvalue weighted by Gasteiger charge is -2.23. The van der Waals surface area contributed by atoms with Gasteiger partial charge in [-0.1, -0.05) is 23.2 Å². The van der Waals surface area contributed by atoms with Gasteiger partial charge >= 0.3 is 12.1 Å². The van der Waals surface area contributed by atoms with Crippen LogP contribution in [0.25, 0.3) is 0 Å². The van der Waals surface area contributed by atoms with Gasteiger partial charge in [0.2, 0.25) is 0 Å². The Hall–Kier alpha value is 0.220. The van der Waals surface area contributed by atoms with E-state index < -0.39 is 23.0 Å². The van der Waals surface area contributed by atoms with Crippen molar-refractivity contribution in [3.05, 3.63) is 20.3 Å². The van der Waals surface area contributed by atoms with Gasteiger partial charge in [0.1, 0.15) is 5.38 Å². The van der Waals surface area contributed by atoms with E-state index in [0.717, 1.165) is 6.07 Å². The summed E-state index contributed by atoms with van der Waals surface area (Å²) in [6.45, 7) is 0. The summed E-state index contributed by atoms with van der Waals surface area (Å²) in [6.07, 6.45) is -5.74. The van der Waals surface area contributed by atoms with Crippen molar-refractivity contribution in [1.29, 1.82) is 0 Å². The van der Waals surface area contributed by atoms with Crippen LogP contribution in [-0.4, -0.2) is 12.1 Å². The summed E-state index contributed by atoms with van der Waals surface area (Å²) in [4.78, 5) is 0. The first-order valence-electron chi connectivity index (χ1n) is 3.60. The number of alkyl halides is 6. The van der Waals surface area contributed by atoms with E-state index in [-0.39, 0.29) is 8.67 Å². The van der Waals surface area contributed by atoms with E-state index in [1.54, 1.807) is 0 Å². The predicted octanol–water partition coefficient (Wildman–Crippen LogP) is 5.53. The smallest absolute Gasteiger partial charge is 0.194 e. The van der Waals surface area contributed by atoms with Gasteiger partial charge in [-0.05, 0) is 6.07 Å². The molecule has 0 fully saturated rings. The van der Waals surface area contributed by atoms with Crippen LogP contribution in [0.5, 0.6) is 0 Å². The van der Waals surface area contributed by atoms with Crippen molar-refractivity contribution >= 4 is 46.1 Å². The summed E-state index contributed by atoms with van der Waals surface area (Å²) in [7, 11) is 0. The molecule has 1 aromatic heterocycles. The zero-order chi connectivity index (χ0) is 12.7. The van der Waals surface area contributed by atoms with E-state index in [9.17, 15) is 22.0 Å². The molecule has 0 aliphatic heterocycles. The second-order valence-electron chi connectivity index (χ2n) is 2.76. The summed E-state index contributed by atoms with van der Waals surface area (Å²) in [6, 6.07) is 0.895. The number of rotatable bonds is 2. The minimum absolute atomic E-state index is 0.0105. The van der Waals surface area contributed by atoms with Crippen LogP contribution in [0.3, 0.4) is 0 Å². The second-order valence-corrected chi connectivity index (χ2v) is 5.48. The molecule has 1 rings (SSSR count). The van der Waals surface area contributed by atoms with Crippen LogP contribution < -0.4 is 0 Å². The van der Waals surface area contributed by atoms with Crippen molar-refractivity contribution in [3.63, 3.8) is 0 Å². The van der Waals surface area contributed by atoms with Gasteiger partial charge in [-0.15, -0.1) is 22.9 Å². The van der Waals surface area contributed by atoms with Crippen molar-refractivity contribution < 1.29 is 22.0 Å². The van der Waals surface area contributed by atoms with E-state index in [4.69, 9.17) is 34.8 Å². The third kappa shape index (κ3) is 2.55. The first-order valence-corrected chi connectivity index (χ1v) is 5.61. The molecule has 0 radical (unpaired) electrons. The number of hydrogen-bond acceptors (Lipinski definition) is 1. The molecule has 0 N–H and O–H groups in total. The van der Waals surface area contributed by atoms with Gasteiger partial charge in [-0.3, -0.25) is 0 Å². The number of thiophene rings is 1. The van der Waals surface area contributed by atoms with Gasteiger partial charge < -0.3 is 0 Å². The Labute approximate surface area is 106 Å². The lowest BCUT2D eigenvalue weighted by molar-refractivity contribution is -0.283. The molecule has 0 aliphatic rings. The highest BCUT2D eigenvalue weighted by Crippen LogP contribution is 2.51. The van der Waals surface area contributed by atoms with Crippen LogP contribution in [0.2, 0.25) is 8.67 Å². The van der Waals surface area contributed by atoms with E-state index in [1.807, 2.05) is 0 Å². The van der Waals surface area contributed by atoms with Crippen LogP contribution in [0.15, 0.2) is 6.07 Å². The minimum atomic E-state index is -5.74. The van der Waals surface area contributed by atoms with Gasteiger partial charge in [0.05, 0.1) is 8.67 Å². The molecule has 1 aromatic rings. The molecule has 0 spiro atoms. The molecule has 16 heavy (non-hydrogen) atoms. The highest BCUT2D eigenvalue weighted by Gasteiger charge is 2.62. The van der Waals surface area contributed by atoms with E-state index in [1.165, 1.54) is 0 Å². The fourth-order valence-corrected chi connectivity index (χ4v) is 2.81. The van der Waals surface area contributed by atoms with Crippen LogP contribution in [0, 0.1) is 0 Å². The van der Waals surface area contributed by atoms with Crippen LogP contribution in [0.1, 0.15) is 10.9 Å². The molecule has 0 nitrogen and oxygen atoms in total. The summed E-state index contributed by atoms with van der Waals surface area (Å²) in [5.74, 6) is -5.07. The van der Waals surface area contributed by atoms with Crippen molar-refractivity contribution in [2.24, 2.45) is 0 Å². The van der Waals surface area contributed by atoms with Crippen molar-refractivity contribution in [3.8, 4) is 0 Å². The Balaban J connectivity index is 3.11. The van der Waals surface area contributed by atoms with E-state index >= 15 is 0 Å². The summed E-state index contributed by atoms with van der Waals surface area (Å²) >= 11 is 16.6. The zero-order valence-electron chi connectivity index (χ0n) is 7.09. The van der Waals surface area contributed by atoms with Crippen LogP contribution in [-0.2, 0) is 0 Å². The summed E-state index contributed by atoms with van der Waals surface area (Å²) in [5, 5.41) is -2.59. The largest absolute Gasteiger partial charge is 0.455 e. The fraction of sp³-hybridized carbons (Fsp3) is 0.429. The Morgan fingerprint density at radius 1 is 1.12 bits per heavy atom. The lowest BCUT2D eigenvalue weighted by atomic mass is 10.1. The molecule has 1 unspecified atom stereocenters. The Morgan fingerprint density at radius 3 is 1.94 bits per heavy atom. The molecule has 0 bridgehead atoms. The Morgan fingerprint density at radius 2 is 1.62 bits per heavy atom. The molecule has 92 valence electrons. The van der Waals surface area contributed by atoms with Crippen molar-refractivity contribution in [1.82, 2.24) is 0 Å². The predicted molar refractivity (Wildman–Crippen MR) is 53.9 cm³/mol. The molecule has 0 aliphatic carbocycles. The highest BCUT2D eigenvalue weighted by atomic mass is 35.5. The third-order valence-electron chi connectivity index (χ3n) is 1.65. The van der Waals surface area contributed by atoms with Gasteiger partial charge in [-0.25, -0.2) is 0 Å². The third-order valence-corrected chi connectivity index (χ3v) is 3.68. The molecule has 0 aromatic carbocycles. The first-order chi connectivity index (χ1) is 7.07. The fourth-order valence-electron chi connectivity index (χ4n) is 0.865. The van der Waals surface area contributed by atoms with Gasteiger partial charge in [0.15, 0.2) is 0 Å². The average molecular weight is 320 g/mol. The van der Waals surface area contributed by atoms with Crippen LogP contribution >= 0.6 is 46.1 Å². The molecule has 9 heteroatoms. The van der Waals surface area contributed by atoms with Gasteiger partial charge in [-0.2, -0.15) is 22.0 Å². The highest BCUT2D eigenvalue weighted by molar-refractivity contribution is 7.20. The normalized spacial score (nSPS) is 15.2. The molecule has 1 atom stereocenters. The van der Waals surface area contributed by atoms with Gasteiger partial charge in [0, 0.05) is 5.56 Å². The number of halogens is 8. The standard InChI is InChI=1S/C7H2Cl3F5S/c8-3-1-2(5(10)16-3)4(9)6(11,12)7(13,14)15/h1,4H. The lowest BCUT2D eigenvalue weighted by Crippen LogP contribution is -2.40. The molecule has 1 heterocycles. The maximum absolute atomic E-state index is 12.8. The Kier molecular flexibility index (Phi) is 4.00. The maximum Gasteiger partial charge on any atom is 0.455 e. The molecular formula is C7H2Cl3F5S. The van der Waals surface area contributed by atoms with E-state index in [0.29, 0.717) is 11.3 Å². The molecular weight excluding hydrogens is 317 g/mol. The van der Waals surface area contributed by atoms with Crippen LogP contribution in [0.4, 0.5) is 22.0 Å². The van der Waals surface area contributed by atoms with Gasteiger partial charge in [0.25, 0.3) is 0 Å². The summed E-state index contributed by atoms with van der Waals surface area (Å²) in [5.41, 5.74) is -0.527. The SMILES string of the molecule is FC(F)(F)C(F)(F)C(Cl)c1cc(Cl)sc1Cl. The molecule has 0 saturated heterocycles. The molecule has 0 saturated carbocycles. The average Bonchev–Trinajstić information content (AvgIpc) is 2.41. The molecule has 0 amide bonds. The summed E-state index contributed by atoms with van der Waals surface area (Å²) < 4.78 is 61.4. The first kappa shape index (κ1) is 14.3. The zero-order valence-corrected chi connectivity index (χ0v) is 10.2. The monoisotopic (exact) mass is 318 g/mol. The minimum Gasteiger partial charge on any atom is -0.194 e. The quantitative estimate of drug-likeness (QED) is 0.496. The van der Waals surface area contributed by atoms with Crippen molar-refractivity contribution in [2.45, 2.75) is 17.5 Å². The maximum atomic E-state index is 12.8. The van der Waals surface area contributed by atoms with Crippen molar-refractivity contribution in [2.75, 3.05) is 0 Å². The Bertz CT molecular complexity index is 386. The number of hydrogen-bond donors (Lipinski definition) is 0. The topological polar surface area (TPSA) is 0 Å².